The van der Waals surface area contributed by atoms with Crippen molar-refractivity contribution in [1.29, 1.82) is 0 Å². The molecule has 1 unspecified atom stereocenters. The molecule has 0 spiro atoms. The predicted octanol–water partition coefficient (Wildman–Crippen LogP) is 1.96. The Kier molecular flexibility index (Phi) is 5.66. The van der Waals surface area contributed by atoms with Crippen molar-refractivity contribution in [3.8, 4) is 5.88 Å². The highest BCUT2D eigenvalue weighted by atomic mass is 16.6. The van der Waals surface area contributed by atoms with E-state index in [1.807, 2.05) is 27.7 Å². The Morgan fingerprint density at radius 3 is 2.64 bits per heavy atom. The molecule has 0 aromatic carbocycles. The summed E-state index contributed by atoms with van der Waals surface area (Å²) in [7, 11) is 1.46. The van der Waals surface area contributed by atoms with Crippen molar-refractivity contribution >= 4 is 17.8 Å². The number of aromatic nitrogens is 2. The Morgan fingerprint density at radius 1 is 1.32 bits per heavy atom. The number of hydrogen-bond acceptors (Lipinski definition) is 6. The highest BCUT2D eigenvalue weighted by Crippen LogP contribution is 2.21. The summed E-state index contributed by atoms with van der Waals surface area (Å²) < 4.78 is 10.5. The van der Waals surface area contributed by atoms with Gasteiger partial charge in [0.1, 0.15) is 11.3 Å². The van der Waals surface area contributed by atoms with E-state index in [2.05, 4.69) is 15.5 Å². The highest BCUT2D eigenvalue weighted by Gasteiger charge is 2.32. The highest BCUT2D eigenvalue weighted by molar-refractivity contribution is 5.90. The Bertz CT molecular complexity index is 631. The molecule has 1 aliphatic rings. The second kappa shape index (κ2) is 7.54. The van der Waals surface area contributed by atoms with Gasteiger partial charge in [-0.05, 0) is 33.8 Å². The number of ether oxygens (including phenoxy) is 2. The molecule has 0 bridgehead atoms. The van der Waals surface area contributed by atoms with Gasteiger partial charge in [0.05, 0.1) is 13.3 Å². The molecular weight excluding hydrogens is 326 g/mol. The SMILES string of the molecule is COc1nnccc1NC(=O)N1CCN(C(=O)OC(C)(C)C)CC1C. The number of methoxy groups -OCH3 is 1. The molecule has 2 rings (SSSR count). The van der Waals surface area contributed by atoms with E-state index in [0.29, 0.717) is 25.3 Å². The number of rotatable bonds is 2. The first kappa shape index (κ1) is 18.8. The molecule has 1 atom stereocenters. The third-order valence-electron chi connectivity index (χ3n) is 3.66. The Balaban J connectivity index is 1.96. The average Bonchev–Trinajstić information content (AvgIpc) is 2.53. The minimum absolute atomic E-state index is 0.151. The molecule has 25 heavy (non-hydrogen) atoms. The fraction of sp³-hybridized carbons (Fsp3) is 0.625. The van der Waals surface area contributed by atoms with Crippen LogP contribution < -0.4 is 10.1 Å². The van der Waals surface area contributed by atoms with Crippen LogP contribution >= 0.6 is 0 Å². The summed E-state index contributed by atoms with van der Waals surface area (Å²) in [5, 5.41) is 10.3. The second-order valence-corrected chi connectivity index (χ2v) is 6.85. The third-order valence-corrected chi connectivity index (χ3v) is 3.66. The van der Waals surface area contributed by atoms with Gasteiger partial charge in [0.15, 0.2) is 0 Å². The molecule has 0 aliphatic carbocycles. The van der Waals surface area contributed by atoms with E-state index >= 15 is 0 Å². The molecule has 1 aliphatic heterocycles. The van der Waals surface area contributed by atoms with Crippen molar-refractivity contribution in [3.63, 3.8) is 0 Å². The summed E-state index contributed by atoms with van der Waals surface area (Å²) in [4.78, 5) is 28.0. The minimum Gasteiger partial charge on any atom is -0.478 e. The molecule has 1 N–H and O–H groups in total. The molecule has 1 aromatic rings. The number of nitrogens with zero attached hydrogens (tertiary/aromatic N) is 4. The van der Waals surface area contributed by atoms with Crippen LogP contribution in [-0.4, -0.2) is 70.5 Å². The first-order valence-electron chi connectivity index (χ1n) is 8.12. The maximum Gasteiger partial charge on any atom is 0.410 e. The van der Waals surface area contributed by atoms with Crippen LogP contribution in [0.1, 0.15) is 27.7 Å². The van der Waals surface area contributed by atoms with E-state index in [1.165, 1.54) is 13.3 Å². The van der Waals surface area contributed by atoms with Crippen LogP contribution in [0.5, 0.6) is 5.88 Å². The number of nitrogens with one attached hydrogen (secondary N) is 1. The minimum atomic E-state index is -0.542. The smallest absolute Gasteiger partial charge is 0.410 e. The van der Waals surface area contributed by atoms with Gasteiger partial charge in [0, 0.05) is 25.7 Å². The van der Waals surface area contributed by atoms with Crippen LogP contribution in [-0.2, 0) is 4.74 Å². The average molecular weight is 351 g/mol. The van der Waals surface area contributed by atoms with Gasteiger partial charge in [-0.1, -0.05) is 0 Å². The van der Waals surface area contributed by atoms with Crippen molar-refractivity contribution in [3.05, 3.63) is 12.3 Å². The maximum absolute atomic E-state index is 12.5. The summed E-state index contributed by atoms with van der Waals surface area (Å²) in [5.74, 6) is 0.246. The monoisotopic (exact) mass is 351 g/mol. The summed E-state index contributed by atoms with van der Waals surface area (Å²) in [6.07, 6.45) is 1.11. The molecule has 1 saturated heterocycles. The molecule has 138 valence electrons. The van der Waals surface area contributed by atoms with E-state index in [-0.39, 0.29) is 24.0 Å². The number of carbonyl (C=O) groups is 2. The van der Waals surface area contributed by atoms with Crippen molar-refractivity contribution in [2.75, 3.05) is 32.1 Å². The zero-order valence-electron chi connectivity index (χ0n) is 15.3. The summed E-state index contributed by atoms with van der Waals surface area (Å²) in [6, 6.07) is 1.19. The van der Waals surface area contributed by atoms with Crippen molar-refractivity contribution < 1.29 is 19.1 Å². The van der Waals surface area contributed by atoms with Crippen LogP contribution in [0, 0.1) is 0 Å². The second-order valence-electron chi connectivity index (χ2n) is 6.85. The summed E-state index contributed by atoms with van der Waals surface area (Å²) in [6.45, 7) is 8.61. The standard InChI is InChI=1S/C16H25N5O4/c1-11-10-20(15(23)25-16(2,3)4)8-9-21(11)14(22)18-12-6-7-17-19-13(12)24-5/h6-7,11H,8-10H2,1-5H3,(H,17,18,22). The molecule has 3 amide bonds. The van der Waals surface area contributed by atoms with Gasteiger partial charge in [-0.2, -0.15) is 5.10 Å². The number of carbonyl (C=O) groups excluding carboxylic acids is 2. The number of hydrogen-bond donors (Lipinski definition) is 1. The first-order valence-corrected chi connectivity index (χ1v) is 8.12. The van der Waals surface area contributed by atoms with E-state index in [1.54, 1.807) is 15.9 Å². The van der Waals surface area contributed by atoms with Crippen molar-refractivity contribution in [2.45, 2.75) is 39.3 Å². The Hall–Kier alpha value is -2.58. The molecule has 9 nitrogen and oxygen atoms in total. The van der Waals surface area contributed by atoms with Gasteiger partial charge in [-0.15, -0.1) is 5.10 Å². The fourth-order valence-corrected chi connectivity index (χ4v) is 2.50. The fourth-order valence-electron chi connectivity index (χ4n) is 2.50. The van der Waals surface area contributed by atoms with E-state index in [4.69, 9.17) is 9.47 Å². The van der Waals surface area contributed by atoms with Gasteiger partial charge in [0.2, 0.25) is 0 Å². The molecular formula is C16H25N5O4. The predicted molar refractivity (Wildman–Crippen MR) is 91.6 cm³/mol. The van der Waals surface area contributed by atoms with E-state index in [9.17, 15) is 9.59 Å². The number of anilines is 1. The topological polar surface area (TPSA) is 96.9 Å². The maximum atomic E-state index is 12.5. The van der Waals surface area contributed by atoms with Crippen LogP contribution in [0.2, 0.25) is 0 Å². The van der Waals surface area contributed by atoms with Gasteiger partial charge < -0.3 is 24.6 Å². The number of urea groups is 1. The lowest BCUT2D eigenvalue weighted by Gasteiger charge is -2.40. The van der Waals surface area contributed by atoms with Gasteiger partial charge in [0.25, 0.3) is 5.88 Å². The van der Waals surface area contributed by atoms with Gasteiger partial charge in [-0.25, -0.2) is 9.59 Å². The van der Waals surface area contributed by atoms with Crippen LogP contribution in [0.15, 0.2) is 12.3 Å². The van der Waals surface area contributed by atoms with Crippen LogP contribution in [0.3, 0.4) is 0 Å². The quantitative estimate of drug-likeness (QED) is 0.875. The number of piperazine rings is 1. The first-order chi connectivity index (χ1) is 11.7. The lowest BCUT2D eigenvalue weighted by atomic mass is 10.2. The van der Waals surface area contributed by atoms with Crippen LogP contribution in [0.4, 0.5) is 15.3 Å². The van der Waals surface area contributed by atoms with E-state index in [0.717, 1.165) is 0 Å². The lowest BCUT2D eigenvalue weighted by Crippen LogP contribution is -2.57. The molecule has 1 fully saturated rings. The lowest BCUT2D eigenvalue weighted by molar-refractivity contribution is 0.0112. The molecule has 0 saturated carbocycles. The summed E-state index contributed by atoms with van der Waals surface area (Å²) >= 11 is 0. The van der Waals surface area contributed by atoms with Gasteiger partial charge in [-0.3, -0.25) is 0 Å². The number of amides is 3. The Labute approximate surface area is 147 Å². The van der Waals surface area contributed by atoms with E-state index < -0.39 is 5.60 Å². The third kappa shape index (κ3) is 4.94. The normalized spacial score (nSPS) is 17.9. The van der Waals surface area contributed by atoms with Crippen molar-refractivity contribution in [2.24, 2.45) is 0 Å². The zero-order chi connectivity index (χ0) is 18.6. The summed E-state index contributed by atoms with van der Waals surface area (Å²) in [5.41, 5.74) is -0.0935. The Morgan fingerprint density at radius 2 is 2.04 bits per heavy atom. The molecule has 2 heterocycles. The van der Waals surface area contributed by atoms with Crippen molar-refractivity contribution in [1.82, 2.24) is 20.0 Å². The molecule has 0 radical (unpaired) electrons. The zero-order valence-corrected chi connectivity index (χ0v) is 15.3. The van der Waals surface area contributed by atoms with Gasteiger partial charge >= 0.3 is 12.1 Å². The largest absolute Gasteiger partial charge is 0.478 e. The molecule has 1 aromatic heterocycles. The van der Waals surface area contributed by atoms with Crippen LogP contribution in [0.25, 0.3) is 0 Å². The molecule has 9 heteroatoms.